The predicted molar refractivity (Wildman–Crippen MR) is 134 cm³/mol. The molecule has 17 heteroatoms. The van der Waals surface area contributed by atoms with Gasteiger partial charge in [-0.25, -0.2) is 9.59 Å². The number of guanidine groups is 1. The number of rotatable bonds is 16. The highest BCUT2D eigenvalue weighted by Crippen LogP contribution is 2.04. The molecule has 0 aromatic rings. The maximum absolute atomic E-state index is 11.6. The molecule has 0 aromatic heterocycles. The third-order valence-corrected chi connectivity index (χ3v) is 4.65. The molecule has 216 valence electrons. The lowest BCUT2D eigenvalue weighted by atomic mass is 10.1. The second-order valence-corrected chi connectivity index (χ2v) is 8.08. The highest BCUT2D eigenvalue weighted by atomic mass is 16.6. The Hall–Kier alpha value is -2.93. The van der Waals surface area contributed by atoms with E-state index >= 15 is 0 Å². The predicted octanol–water partition coefficient (Wildman–Crippen LogP) is -5.13. The second kappa shape index (κ2) is 20.2. The van der Waals surface area contributed by atoms with Crippen LogP contribution < -0.4 is 45.9 Å². The average molecular weight is 538 g/mol. The number of esters is 3. The third-order valence-electron chi connectivity index (χ3n) is 4.65. The molecule has 0 saturated heterocycles. The van der Waals surface area contributed by atoms with Crippen LogP contribution in [-0.2, 0) is 28.7 Å². The van der Waals surface area contributed by atoms with Crippen LogP contribution in [0.25, 0.3) is 0 Å². The zero-order valence-electron chi connectivity index (χ0n) is 21.0. The van der Waals surface area contributed by atoms with Crippen molar-refractivity contribution in [2.45, 2.75) is 75.4 Å². The fourth-order valence-electron chi connectivity index (χ4n) is 2.38. The summed E-state index contributed by atoms with van der Waals surface area (Å²) < 4.78 is 9.35. The Labute approximate surface area is 215 Å². The SMILES string of the molecule is C[C@@H](OC(=O)[C@@H](N)CC(O)CN=C(N)N)[C@H](N)C(=O)O.NCCC[C@H](N)C(=O)OC(=O)[C@@H](N)CCCN. The summed E-state index contributed by atoms with van der Waals surface area (Å²) in [6.07, 6.45) is -0.219. The van der Waals surface area contributed by atoms with E-state index in [-0.39, 0.29) is 18.9 Å². The van der Waals surface area contributed by atoms with E-state index in [1.165, 1.54) is 6.92 Å². The number of hydrogen-bond acceptors (Lipinski definition) is 14. The highest BCUT2D eigenvalue weighted by molar-refractivity contribution is 5.90. The standard InChI is InChI=1S/C10H21N5O5.C10H22N4O3/c1-4(7(12)8(17)18)20-9(19)6(11)2-5(16)3-15-10(13)14;11-5-1-3-7(13)9(15)17-10(16)8(14)4-2-6-12/h4-7,16H,2-3,11-12H2,1H3,(H,17,18)(H4,13,14,15);7-8H,1-6,11-14H2/t4-,5?,6+,7+;7-,8-/m10/s1. The van der Waals surface area contributed by atoms with Crippen molar-refractivity contribution in [2.24, 2.45) is 50.9 Å². The normalized spacial score (nSPS) is 15.5. The average Bonchev–Trinajstić information content (AvgIpc) is 2.83. The first-order valence-electron chi connectivity index (χ1n) is 11.5. The van der Waals surface area contributed by atoms with E-state index in [9.17, 15) is 24.3 Å². The van der Waals surface area contributed by atoms with Crippen LogP contribution in [-0.4, -0.2) is 96.1 Å². The van der Waals surface area contributed by atoms with Crippen LogP contribution in [0.2, 0.25) is 0 Å². The number of nitrogens with zero attached hydrogens (tertiary/aromatic N) is 1. The van der Waals surface area contributed by atoms with Crippen molar-refractivity contribution >= 4 is 29.8 Å². The van der Waals surface area contributed by atoms with Gasteiger partial charge in [0.25, 0.3) is 0 Å². The van der Waals surface area contributed by atoms with Crippen LogP contribution in [0.15, 0.2) is 4.99 Å². The molecular formula is C20H43N9O8. The van der Waals surface area contributed by atoms with Gasteiger partial charge in [-0.1, -0.05) is 0 Å². The number of carboxylic acid groups (broad SMARTS) is 1. The smallest absolute Gasteiger partial charge is 0.330 e. The van der Waals surface area contributed by atoms with Gasteiger partial charge in [-0.3, -0.25) is 14.6 Å². The van der Waals surface area contributed by atoms with E-state index < -0.39 is 60.3 Å². The van der Waals surface area contributed by atoms with E-state index in [0.29, 0.717) is 38.8 Å². The molecule has 0 heterocycles. The number of hydrogen-bond donors (Lipinski definition) is 10. The monoisotopic (exact) mass is 537 g/mol. The Morgan fingerprint density at radius 2 is 1.30 bits per heavy atom. The summed E-state index contributed by atoms with van der Waals surface area (Å²) in [5, 5.41) is 18.2. The second-order valence-electron chi connectivity index (χ2n) is 8.08. The highest BCUT2D eigenvalue weighted by Gasteiger charge is 2.27. The van der Waals surface area contributed by atoms with Crippen molar-refractivity contribution in [1.29, 1.82) is 0 Å². The van der Waals surface area contributed by atoms with E-state index in [4.69, 9.17) is 55.7 Å². The Kier molecular flexibility index (Phi) is 19.7. The van der Waals surface area contributed by atoms with Crippen LogP contribution in [0.5, 0.6) is 0 Å². The minimum atomic E-state index is -1.35. The van der Waals surface area contributed by atoms with Crippen LogP contribution >= 0.6 is 0 Å². The maximum atomic E-state index is 11.6. The van der Waals surface area contributed by atoms with Crippen LogP contribution in [0.4, 0.5) is 0 Å². The number of carboxylic acids is 1. The van der Waals surface area contributed by atoms with Crippen molar-refractivity contribution in [1.82, 2.24) is 0 Å². The molecule has 0 bridgehead atoms. The molecule has 17 nitrogen and oxygen atoms in total. The number of aliphatic hydroxyl groups excluding tert-OH is 1. The number of aliphatic imine (C=N–C) groups is 1. The van der Waals surface area contributed by atoms with Gasteiger partial charge in [-0.05, 0) is 45.7 Å². The lowest BCUT2D eigenvalue weighted by molar-refractivity contribution is -0.162. The van der Waals surface area contributed by atoms with Gasteiger partial charge in [-0.2, -0.15) is 0 Å². The minimum Gasteiger partial charge on any atom is -0.480 e. The van der Waals surface area contributed by atoms with E-state index in [1.807, 2.05) is 0 Å². The summed E-state index contributed by atoms with van der Waals surface area (Å²) in [4.78, 5) is 48.4. The first-order valence-corrected chi connectivity index (χ1v) is 11.5. The summed E-state index contributed by atoms with van der Waals surface area (Å²) in [5.74, 6) is -3.87. The lowest BCUT2D eigenvalue weighted by Crippen LogP contribution is -2.46. The van der Waals surface area contributed by atoms with Crippen LogP contribution in [0.1, 0.15) is 39.0 Å². The van der Waals surface area contributed by atoms with Crippen molar-refractivity contribution in [2.75, 3.05) is 19.6 Å². The molecule has 0 aliphatic rings. The molecule has 6 atom stereocenters. The Bertz CT molecular complexity index is 713. The molecule has 0 amide bonds. The van der Waals surface area contributed by atoms with Gasteiger partial charge < -0.3 is 65.6 Å². The van der Waals surface area contributed by atoms with Crippen molar-refractivity contribution < 1.29 is 38.9 Å². The summed E-state index contributed by atoms with van der Waals surface area (Å²) in [7, 11) is 0. The molecule has 37 heavy (non-hydrogen) atoms. The number of carbonyl (C=O) groups is 4. The topological polar surface area (TPSA) is 348 Å². The Morgan fingerprint density at radius 3 is 1.68 bits per heavy atom. The van der Waals surface area contributed by atoms with Crippen LogP contribution in [0.3, 0.4) is 0 Å². The van der Waals surface area contributed by atoms with Gasteiger partial charge in [0.15, 0.2) is 5.96 Å². The third kappa shape index (κ3) is 18.0. The molecule has 1 unspecified atom stereocenters. The molecule has 0 fully saturated rings. The van der Waals surface area contributed by atoms with Gasteiger partial charge >= 0.3 is 23.9 Å². The molecule has 0 aliphatic carbocycles. The van der Waals surface area contributed by atoms with Gasteiger partial charge in [0.2, 0.25) is 0 Å². The summed E-state index contributed by atoms with van der Waals surface area (Å²) in [6, 6.07) is -4.14. The quantitative estimate of drug-likeness (QED) is 0.0380. The number of aliphatic carboxylic acids is 1. The fraction of sp³-hybridized carbons (Fsp3) is 0.750. The van der Waals surface area contributed by atoms with Crippen molar-refractivity contribution in [3.8, 4) is 0 Å². The molecule has 0 radical (unpaired) electrons. The minimum absolute atomic E-state index is 0.104. The van der Waals surface area contributed by atoms with Gasteiger partial charge in [0, 0.05) is 6.42 Å². The molecule has 0 saturated carbocycles. The maximum Gasteiger partial charge on any atom is 0.330 e. The molecule has 0 aliphatic heterocycles. The lowest BCUT2D eigenvalue weighted by Gasteiger charge is -2.20. The number of ether oxygens (including phenoxy) is 2. The first kappa shape index (κ1) is 36.2. The van der Waals surface area contributed by atoms with E-state index in [1.54, 1.807) is 0 Å². The van der Waals surface area contributed by atoms with E-state index in [0.717, 1.165) is 0 Å². The van der Waals surface area contributed by atoms with Crippen molar-refractivity contribution in [3.05, 3.63) is 0 Å². The fourth-order valence-corrected chi connectivity index (χ4v) is 2.38. The summed E-state index contributed by atoms with van der Waals surface area (Å²) in [5.41, 5.74) is 42.5. The summed E-state index contributed by atoms with van der Waals surface area (Å²) in [6.45, 7) is 2.10. The number of aliphatic hydroxyl groups is 1. The zero-order valence-corrected chi connectivity index (χ0v) is 21.0. The van der Waals surface area contributed by atoms with Crippen LogP contribution in [0, 0.1) is 0 Å². The number of nitrogens with two attached hydrogens (primary N) is 8. The molecule has 0 aromatic carbocycles. The Balaban J connectivity index is 0. The van der Waals surface area contributed by atoms with Gasteiger partial charge in [0.1, 0.15) is 30.3 Å². The largest absolute Gasteiger partial charge is 0.480 e. The molecule has 18 N–H and O–H groups in total. The van der Waals surface area contributed by atoms with Gasteiger partial charge in [-0.15, -0.1) is 0 Å². The summed E-state index contributed by atoms with van der Waals surface area (Å²) >= 11 is 0. The molecule has 0 rings (SSSR count). The van der Waals surface area contributed by atoms with Gasteiger partial charge in [0.05, 0.1) is 12.6 Å². The zero-order chi connectivity index (χ0) is 29.1. The molecule has 0 spiro atoms. The first-order chi connectivity index (χ1) is 17.2. The van der Waals surface area contributed by atoms with E-state index in [2.05, 4.69) is 9.73 Å². The Morgan fingerprint density at radius 1 is 0.838 bits per heavy atom. The van der Waals surface area contributed by atoms with Crippen molar-refractivity contribution in [3.63, 3.8) is 0 Å². The number of carbonyl (C=O) groups excluding carboxylic acids is 3. The molecular weight excluding hydrogens is 494 g/mol.